The Balaban J connectivity index is 1.39. The van der Waals surface area contributed by atoms with Gasteiger partial charge in [0.05, 0.1) is 11.5 Å². The van der Waals surface area contributed by atoms with Crippen molar-refractivity contribution in [1.82, 2.24) is 9.80 Å². The van der Waals surface area contributed by atoms with E-state index in [4.69, 9.17) is 4.74 Å². The first-order chi connectivity index (χ1) is 15.7. The molecule has 0 amide bonds. The van der Waals surface area contributed by atoms with E-state index in [-0.39, 0.29) is 16.5 Å². The van der Waals surface area contributed by atoms with E-state index >= 15 is 0 Å². The zero-order valence-corrected chi connectivity index (χ0v) is 18.7. The van der Waals surface area contributed by atoms with Gasteiger partial charge in [0, 0.05) is 42.7 Å². The highest BCUT2D eigenvalue weighted by atomic mass is 16.6. The Morgan fingerprint density at radius 1 is 1.03 bits per heavy atom. The van der Waals surface area contributed by atoms with Crippen molar-refractivity contribution in [2.75, 3.05) is 39.3 Å². The summed E-state index contributed by atoms with van der Waals surface area (Å²) in [6.45, 7) is 6.23. The number of hydrogen-bond acceptors (Lipinski definition) is 5. The minimum atomic E-state index is -0.297. The largest absolute Gasteiger partial charge is 0.493 e. The maximum Gasteiger partial charge on any atom is 0.269 e. The van der Waals surface area contributed by atoms with Crippen molar-refractivity contribution < 1.29 is 9.66 Å². The second-order valence-electron chi connectivity index (χ2n) is 9.42. The summed E-state index contributed by atoms with van der Waals surface area (Å²) in [7, 11) is 0. The number of nitro groups is 1. The van der Waals surface area contributed by atoms with Gasteiger partial charge in [-0.25, -0.2) is 0 Å². The molecule has 2 aromatic rings. The van der Waals surface area contributed by atoms with Crippen LogP contribution in [0.2, 0.25) is 0 Å². The molecule has 3 aliphatic heterocycles. The number of rotatable bonds is 7. The molecule has 0 aromatic heterocycles. The minimum Gasteiger partial charge on any atom is -0.493 e. The Morgan fingerprint density at radius 2 is 1.88 bits per heavy atom. The van der Waals surface area contributed by atoms with Gasteiger partial charge in [-0.1, -0.05) is 30.7 Å². The van der Waals surface area contributed by atoms with Crippen LogP contribution in [0.1, 0.15) is 67.2 Å². The molecule has 5 rings (SSSR count). The van der Waals surface area contributed by atoms with Crippen molar-refractivity contribution >= 4 is 5.69 Å². The molecule has 2 aromatic carbocycles. The van der Waals surface area contributed by atoms with Gasteiger partial charge in [0.1, 0.15) is 5.75 Å². The molecular weight excluding hydrogens is 402 g/mol. The van der Waals surface area contributed by atoms with Gasteiger partial charge in [-0.2, -0.15) is 0 Å². The van der Waals surface area contributed by atoms with Crippen LogP contribution >= 0.6 is 0 Å². The summed E-state index contributed by atoms with van der Waals surface area (Å²) in [4.78, 5) is 16.2. The van der Waals surface area contributed by atoms with Gasteiger partial charge in [-0.05, 0) is 68.9 Å². The summed E-state index contributed by atoms with van der Waals surface area (Å²) >= 11 is 0. The van der Waals surface area contributed by atoms with Crippen LogP contribution in [-0.2, 0) is 0 Å². The summed E-state index contributed by atoms with van der Waals surface area (Å²) in [5.74, 6) is 1.06. The summed E-state index contributed by atoms with van der Waals surface area (Å²) in [5, 5.41) is 11.4. The van der Waals surface area contributed by atoms with E-state index < -0.39 is 0 Å². The molecule has 6 heteroatoms. The highest BCUT2D eigenvalue weighted by molar-refractivity contribution is 5.52. The molecule has 170 valence electrons. The lowest BCUT2D eigenvalue weighted by Gasteiger charge is -2.38. The molecule has 0 saturated carbocycles. The van der Waals surface area contributed by atoms with Crippen LogP contribution in [0, 0.1) is 10.1 Å². The van der Waals surface area contributed by atoms with E-state index in [2.05, 4.69) is 28.0 Å². The second kappa shape index (κ2) is 9.59. The van der Waals surface area contributed by atoms with Gasteiger partial charge in [0.25, 0.3) is 5.69 Å². The molecule has 32 heavy (non-hydrogen) atoms. The first-order valence-corrected chi connectivity index (χ1v) is 12.2. The predicted molar refractivity (Wildman–Crippen MR) is 125 cm³/mol. The fraction of sp³-hybridized carbons (Fsp3) is 0.538. The molecule has 0 radical (unpaired) electrons. The molecule has 2 saturated heterocycles. The number of hydrogen-bond donors (Lipinski definition) is 0. The Kier molecular flexibility index (Phi) is 6.42. The molecule has 3 heterocycles. The molecular formula is C26H33N3O3. The topological polar surface area (TPSA) is 58.9 Å². The summed E-state index contributed by atoms with van der Waals surface area (Å²) in [6, 6.07) is 14.1. The summed E-state index contributed by atoms with van der Waals surface area (Å²) in [6.07, 6.45) is 7.40. The van der Waals surface area contributed by atoms with Crippen LogP contribution in [-0.4, -0.2) is 54.1 Å². The van der Waals surface area contributed by atoms with Gasteiger partial charge < -0.3 is 9.64 Å². The maximum absolute atomic E-state index is 11.4. The fourth-order valence-corrected chi connectivity index (χ4v) is 5.85. The molecule has 0 bridgehead atoms. The number of benzene rings is 2. The summed E-state index contributed by atoms with van der Waals surface area (Å²) in [5.41, 5.74) is 3.76. The van der Waals surface area contributed by atoms with Crippen LogP contribution in [0.5, 0.6) is 5.75 Å². The van der Waals surface area contributed by atoms with E-state index in [1.165, 1.54) is 56.3 Å². The molecule has 2 atom stereocenters. The van der Waals surface area contributed by atoms with Gasteiger partial charge >= 0.3 is 0 Å². The van der Waals surface area contributed by atoms with Crippen LogP contribution < -0.4 is 4.74 Å². The third kappa shape index (κ3) is 4.39. The monoisotopic (exact) mass is 435 g/mol. The quantitative estimate of drug-likeness (QED) is 0.343. The van der Waals surface area contributed by atoms with Gasteiger partial charge in [-0.15, -0.1) is 0 Å². The second-order valence-corrected chi connectivity index (χ2v) is 9.42. The van der Waals surface area contributed by atoms with Crippen LogP contribution in [0.25, 0.3) is 0 Å². The lowest BCUT2D eigenvalue weighted by Crippen LogP contribution is -2.35. The Hall–Kier alpha value is -2.44. The molecule has 0 aliphatic carbocycles. The highest BCUT2D eigenvalue weighted by Crippen LogP contribution is 2.47. The van der Waals surface area contributed by atoms with Crippen molar-refractivity contribution in [3.05, 3.63) is 69.3 Å². The van der Waals surface area contributed by atoms with E-state index in [0.29, 0.717) is 12.6 Å². The van der Waals surface area contributed by atoms with E-state index in [9.17, 15) is 10.1 Å². The first-order valence-electron chi connectivity index (χ1n) is 12.2. The SMILES string of the molecule is O=[N+]([O-])c1cccc([C@H]2CN3CCC[C@H]3c3cccc(OCCCN4CCCCC4)c32)c1. The van der Waals surface area contributed by atoms with E-state index in [0.717, 1.165) is 37.4 Å². The van der Waals surface area contributed by atoms with Crippen molar-refractivity contribution in [1.29, 1.82) is 0 Å². The summed E-state index contributed by atoms with van der Waals surface area (Å²) < 4.78 is 6.39. The van der Waals surface area contributed by atoms with Crippen molar-refractivity contribution in [2.45, 2.75) is 50.5 Å². The lowest BCUT2D eigenvalue weighted by molar-refractivity contribution is -0.384. The molecule has 0 N–H and O–H groups in total. The Labute approximate surface area is 190 Å². The zero-order chi connectivity index (χ0) is 21.9. The smallest absolute Gasteiger partial charge is 0.269 e. The molecule has 0 spiro atoms. The third-order valence-electron chi connectivity index (χ3n) is 7.40. The lowest BCUT2D eigenvalue weighted by atomic mass is 9.81. The number of nitrogens with zero attached hydrogens (tertiary/aromatic N) is 3. The molecule has 0 unspecified atom stereocenters. The molecule has 2 fully saturated rings. The number of ether oxygens (including phenoxy) is 1. The highest BCUT2D eigenvalue weighted by Gasteiger charge is 2.38. The van der Waals surface area contributed by atoms with E-state index in [1.54, 1.807) is 12.1 Å². The fourth-order valence-electron chi connectivity index (χ4n) is 5.85. The van der Waals surface area contributed by atoms with Gasteiger partial charge in [-0.3, -0.25) is 15.0 Å². The predicted octanol–water partition coefficient (Wildman–Crippen LogP) is 5.13. The normalized spacial score (nSPS) is 23.5. The van der Waals surface area contributed by atoms with Crippen molar-refractivity contribution in [3.63, 3.8) is 0 Å². The number of fused-ring (bicyclic) bond motifs is 3. The minimum absolute atomic E-state index is 0.0949. The average Bonchev–Trinajstić information content (AvgIpc) is 3.31. The number of non-ortho nitro benzene ring substituents is 1. The standard InChI is InChI=1S/C26H33N3O3/c30-29(31)21-9-4-8-20(18-21)23-19-28-16-6-11-24(28)22-10-5-12-25(26(22)23)32-17-7-15-27-13-2-1-3-14-27/h4-5,8-10,12,18,23-24H,1-3,6-7,11,13-17,19H2/t23-,24+/m1/s1. The van der Waals surface area contributed by atoms with Crippen molar-refractivity contribution in [2.24, 2.45) is 0 Å². The van der Waals surface area contributed by atoms with Gasteiger partial charge in [0.15, 0.2) is 0 Å². The average molecular weight is 436 g/mol. The number of likely N-dealkylation sites (tertiary alicyclic amines) is 1. The Bertz CT molecular complexity index is 957. The van der Waals surface area contributed by atoms with Crippen LogP contribution in [0.15, 0.2) is 42.5 Å². The zero-order valence-electron chi connectivity index (χ0n) is 18.7. The molecule has 6 nitrogen and oxygen atoms in total. The number of piperidine rings is 1. The first kappa shape index (κ1) is 21.4. The Morgan fingerprint density at radius 3 is 2.72 bits per heavy atom. The molecule has 3 aliphatic rings. The van der Waals surface area contributed by atoms with Crippen LogP contribution in [0.4, 0.5) is 5.69 Å². The third-order valence-corrected chi connectivity index (χ3v) is 7.40. The maximum atomic E-state index is 11.4. The number of nitro benzene ring substituents is 1. The van der Waals surface area contributed by atoms with E-state index in [1.807, 2.05) is 12.1 Å². The van der Waals surface area contributed by atoms with Crippen LogP contribution in [0.3, 0.4) is 0 Å². The van der Waals surface area contributed by atoms with Crippen molar-refractivity contribution in [3.8, 4) is 5.75 Å². The van der Waals surface area contributed by atoms with Gasteiger partial charge in [0.2, 0.25) is 0 Å².